The zero-order valence-electron chi connectivity index (χ0n) is 14.3. The topological polar surface area (TPSA) is 50.3 Å². The van der Waals surface area contributed by atoms with E-state index in [-0.39, 0.29) is 11.9 Å². The van der Waals surface area contributed by atoms with Gasteiger partial charge < -0.3 is 15.0 Å². The van der Waals surface area contributed by atoms with Gasteiger partial charge in [-0.05, 0) is 30.9 Å². The summed E-state index contributed by atoms with van der Waals surface area (Å²) in [4.78, 5) is 10.6. The number of anilines is 1. The molecule has 0 saturated heterocycles. The SMILES string of the molecule is COc1ccc(C(NCc2ccnc(N(C)C)n2)C2CC2)c(F)c1. The summed E-state index contributed by atoms with van der Waals surface area (Å²) in [5, 5.41) is 3.47. The van der Waals surface area contributed by atoms with Crippen molar-refractivity contribution in [2.24, 2.45) is 5.92 Å². The van der Waals surface area contributed by atoms with Crippen molar-refractivity contribution in [3.63, 3.8) is 0 Å². The van der Waals surface area contributed by atoms with E-state index >= 15 is 0 Å². The first-order valence-corrected chi connectivity index (χ1v) is 8.14. The molecule has 0 aliphatic heterocycles. The maximum Gasteiger partial charge on any atom is 0.225 e. The molecule has 0 amide bonds. The molecule has 128 valence electrons. The molecular weight excluding hydrogens is 307 g/mol. The predicted octanol–water partition coefficient (Wildman–Crippen LogP) is 2.93. The van der Waals surface area contributed by atoms with Gasteiger partial charge in [-0.3, -0.25) is 0 Å². The van der Waals surface area contributed by atoms with Crippen molar-refractivity contribution >= 4 is 5.95 Å². The van der Waals surface area contributed by atoms with Crippen LogP contribution in [0.25, 0.3) is 0 Å². The number of nitrogens with zero attached hydrogens (tertiary/aromatic N) is 3. The monoisotopic (exact) mass is 330 g/mol. The molecule has 0 bridgehead atoms. The maximum absolute atomic E-state index is 14.4. The highest BCUT2D eigenvalue weighted by Gasteiger charge is 2.33. The predicted molar refractivity (Wildman–Crippen MR) is 91.6 cm³/mol. The van der Waals surface area contributed by atoms with Crippen LogP contribution in [0, 0.1) is 11.7 Å². The highest BCUT2D eigenvalue weighted by molar-refractivity contribution is 5.32. The minimum absolute atomic E-state index is 0.00585. The molecule has 3 rings (SSSR count). The average molecular weight is 330 g/mol. The van der Waals surface area contributed by atoms with Gasteiger partial charge in [0.15, 0.2) is 0 Å². The van der Waals surface area contributed by atoms with Crippen LogP contribution >= 0.6 is 0 Å². The number of rotatable bonds is 7. The van der Waals surface area contributed by atoms with E-state index in [9.17, 15) is 4.39 Å². The van der Waals surface area contributed by atoms with E-state index in [1.54, 1.807) is 13.3 Å². The molecule has 1 unspecified atom stereocenters. The van der Waals surface area contributed by atoms with E-state index in [1.807, 2.05) is 37.2 Å². The number of aromatic nitrogens is 2. The van der Waals surface area contributed by atoms with Crippen LogP contribution in [0.15, 0.2) is 30.5 Å². The van der Waals surface area contributed by atoms with Gasteiger partial charge in [0.05, 0.1) is 12.8 Å². The molecule has 5 nitrogen and oxygen atoms in total. The largest absolute Gasteiger partial charge is 0.497 e. The molecule has 1 aromatic carbocycles. The fourth-order valence-corrected chi connectivity index (χ4v) is 2.76. The normalized spacial score (nSPS) is 15.2. The van der Waals surface area contributed by atoms with Gasteiger partial charge in [0.1, 0.15) is 11.6 Å². The molecule has 0 radical (unpaired) electrons. The van der Waals surface area contributed by atoms with Crippen LogP contribution in [0.5, 0.6) is 5.75 Å². The van der Waals surface area contributed by atoms with Gasteiger partial charge in [0, 0.05) is 44.5 Å². The van der Waals surface area contributed by atoms with E-state index in [0.29, 0.717) is 29.7 Å². The molecule has 1 saturated carbocycles. The molecule has 1 aromatic heterocycles. The molecule has 0 spiro atoms. The Kier molecular flexibility index (Phi) is 4.94. The van der Waals surface area contributed by atoms with Crippen LogP contribution in [0.1, 0.15) is 30.1 Å². The summed E-state index contributed by atoms with van der Waals surface area (Å²) in [6, 6.07) is 6.95. The van der Waals surface area contributed by atoms with Crippen molar-refractivity contribution < 1.29 is 9.13 Å². The Morgan fingerprint density at radius 1 is 1.33 bits per heavy atom. The summed E-state index contributed by atoms with van der Waals surface area (Å²) in [7, 11) is 5.36. The Bertz CT molecular complexity index is 703. The number of hydrogen-bond acceptors (Lipinski definition) is 5. The number of benzene rings is 1. The number of ether oxygens (including phenoxy) is 1. The van der Waals surface area contributed by atoms with E-state index in [1.165, 1.54) is 6.07 Å². The average Bonchev–Trinajstić information content (AvgIpc) is 3.41. The van der Waals surface area contributed by atoms with Crippen molar-refractivity contribution in [2.75, 3.05) is 26.1 Å². The molecular formula is C18H23FN4O. The highest BCUT2D eigenvalue weighted by Crippen LogP contribution is 2.42. The van der Waals surface area contributed by atoms with Crippen molar-refractivity contribution in [3.8, 4) is 5.75 Å². The van der Waals surface area contributed by atoms with Crippen molar-refractivity contribution in [2.45, 2.75) is 25.4 Å². The lowest BCUT2D eigenvalue weighted by molar-refractivity contribution is 0.406. The number of nitrogens with one attached hydrogen (secondary N) is 1. The van der Waals surface area contributed by atoms with Crippen LogP contribution in [0.3, 0.4) is 0 Å². The zero-order valence-corrected chi connectivity index (χ0v) is 14.3. The fraction of sp³-hybridized carbons (Fsp3) is 0.444. The summed E-state index contributed by atoms with van der Waals surface area (Å²) in [5.74, 6) is 1.46. The highest BCUT2D eigenvalue weighted by atomic mass is 19.1. The van der Waals surface area contributed by atoms with Crippen LogP contribution < -0.4 is 15.0 Å². The Balaban J connectivity index is 1.74. The van der Waals surface area contributed by atoms with Crippen LogP contribution in [0.2, 0.25) is 0 Å². The minimum Gasteiger partial charge on any atom is -0.497 e. The van der Waals surface area contributed by atoms with Gasteiger partial charge >= 0.3 is 0 Å². The lowest BCUT2D eigenvalue weighted by Crippen LogP contribution is -2.24. The minimum atomic E-state index is -0.226. The van der Waals surface area contributed by atoms with E-state index in [4.69, 9.17) is 4.74 Å². The summed E-state index contributed by atoms with van der Waals surface area (Å²) in [6.07, 6.45) is 3.99. The number of halogens is 1. The van der Waals surface area contributed by atoms with E-state index in [0.717, 1.165) is 18.5 Å². The van der Waals surface area contributed by atoms with Gasteiger partial charge in [0.25, 0.3) is 0 Å². The molecule has 1 aliphatic rings. The maximum atomic E-state index is 14.4. The Hall–Kier alpha value is -2.21. The van der Waals surface area contributed by atoms with Gasteiger partial charge in [0.2, 0.25) is 5.95 Å². The first-order chi connectivity index (χ1) is 11.6. The van der Waals surface area contributed by atoms with Crippen LogP contribution in [-0.4, -0.2) is 31.2 Å². The van der Waals surface area contributed by atoms with Crippen molar-refractivity contribution in [3.05, 3.63) is 47.5 Å². The van der Waals surface area contributed by atoms with Gasteiger partial charge in [-0.1, -0.05) is 6.07 Å². The first kappa shape index (κ1) is 16.6. The number of hydrogen-bond donors (Lipinski definition) is 1. The van der Waals surface area contributed by atoms with Gasteiger partial charge in [-0.15, -0.1) is 0 Å². The lowest BCUT2D eigenvalue weighted by Gasteiger charge is -2.20. The molecule has 1 fully saturated rings. The van der Waals surface area contributed by atoms with E-state index < -0.39 is 0 Å². The summed E-state index contributed by atoms with van der Waals surface area (Å²) < 4.78 is 19.5. The molecule has 24 heavy (non-hydrogen) atoms. The third-order valence-corrected chi connectivity index (χ3v) is 4.24. The number of methoxy groups -OCH3 is 1. The Morgan fingerprint density at radius 3 is 2.75 bits per heavy atom. The third kappa shape index (κ3) is 3.82. The summed E-state index contributed by atoms with van der Waals surface area (Å²) in [6.45, 7) is 0.579. The molecule has 1 N–H and O–H groups in total. The molecule has 6 heteroatoms. The second-order valence-electron chi connectivity index (χ2n) is 6.33. The van der Waals surface area contributed by atoms with Gasteiger partial charge in [-0.25, -0.2) is 14.4 Å². The van der Waals surface area contributed by atoms with E-state index in [2.05, 4.69) is 15.3 Å². The molecule has 2 aromatic rings. The molecule has 1 atom stereocenters. The standard InChI is InChI=1S/C18H23FN4O/c1-23(2)18-20-9-8-13(22-18)11-21-17(12-4-5-12)15-7-6-14(24-3)10-16(15)19/h6-10,12,17,21H,4-5,11H2,1-3H3. The summed E-state index contributed by atoms with van der Waals surface area (Å²) >= 11 is 0. The fourth-order valence-electron chi connectivity index (χ4n) is 2.76. The van der Waals surface area contributed by atoms with Crippen LogP contribution in [0.4, 0.5) is 10.3 Å². The zero-order chi connectivity index (χ0) is 17.1. The Morgan fingerprint density at radius 2 is 2.12 bits per heavy atom. The van der Waals surface area contributed by atoms with Crippen molar-refractivity contribution in [1.29, 1.82) is 0 Å². The third-order valence-electron chi connectivity index (χ3n) is 4.24. The first-order valence-electron chi connectivity index (χ1n) is 8.14. The second-order valence-corrected chi connectivity index (χ2v) is 6.33. The van der Waals surface area contributed by atoms with Gasteiger partial charge in [-0.2, -0.15) is 0 Å². The second kappa shape index (κ2) is 7.13. The van der Waals surface area contributed by atoms with Crippen LogP contribution in [-0.2, 0) is 6.54 Å². The van der Waals surface area contributed by atoms with Crippen molar-refractivity contribution in [1.82, 2.24) is 15.3 Å². The Labute approximate surface area is 141 Å². The lowest BCUT2D eigenvalue weighted by atomic mass is 10.0. The molecule has 1 heterocycles. The quantitative estimate of drug-likeness (QED) is 0.846. The smallest absolute Gasteiger partial charge is 0.225 e. The summed E-state index contributed by atoms with van der Waals surface area (Å²) in [5.41, 5.74) is 1.59. The molecule has 1 aliphatic carbocycles.